The standard InChI is InChI=1S/C23H20N2O3/c1-12(2)14-4-8-19-15(10-14)5-9-20(25-19)21-22(27)17-7-6-16(24-13(3)26)11-18(17)23(21)28/h4-12,27H,1-3H3,(H,24,26). The highest BCUT2D eigenvalue weighted by atomic mass is 16.3. The Morgan fingerprint density at radius 2 is 1.82 bits per heavy atom. The lowest BCUT2D eigenvalue weighted by molar-refractivity contribution is -0.114. The molecule has 0 bridgehead atoms. The van der Waals surface area contributed by atoms with Crippen LogP contribution in [0.4, 0.5) is 5.69 Å². The summed E-state index contributed by atoms with van der Waals surface area (Å²) in [6.45, 7) is 5.67. The molecule has 4 rings (SSSR count). The second-order valence-corrected chi connectivity index (χ2v) is 7.30. The fraction of sp³-hybridized carbons (Fsp3) is 0.174. The van der Waals surface area contributed by atoms with Gasteiger partial charge in [0.05, 0.1) is 16.8 Å². The molecule has 5 nitrogen and oxygen atoms in total. The van der Waals surface area contributed by atoms with Crippen molar-refractivity contribution in [2.24, 2.45) is 0 Å². The maximum absolute atomic E-state index is 13.0. The van der Waals surface area contributed by atoms with Gasteiger partial charge in [0.1, 0.15) is 5.76 Å². The molecule has 1 amide bonds. The number of aliphatic hydroxyl groups excluding tert-OH is 1. The van der Waals surface area contributed by atoms with E-state index in [1.54, 1.807) is 24.3 Å². The quantitative estimate of drug-likeness (QED) is 0.682. The second kappa shape index (κ2) is 6.60. The number of carbonyl (C=O) groups excluding carboxylic acids is 2. The van der Waals surface area contributed by atoms with Crippen LogP contribution >= 0.6 is 0 Å². The molecule has 0 spiro atoms. The number of ketones is 1. The summed E-state index contributed by atoms with van der Waals surface area (Å²) in [6, 6.07) is 14.6. The number of pyridine rings is 1. The fourth-order valence-corrected chi connectivity index (χ4v) is 3.48. The third-order valence-electron chi connectivity index (χ3n) is 4.94. The van der Waals surface area contributed by atoms with E-state index in [9.17, 15) is 14.7 Å². The first-order valence-corrected chi connectivity index (χ1v) is 9.16. The Morgan fingerprint density at radius 3 is 2.54 bits per heavy atom. The van der Waals surface area contributed by atoms with Crippen LogP contribution in [0.1, 0.15) is 53.9 Å². The summed E-state index contributed by atoms with van der Waals surface area (Å²) in [7, 11) is 0. The molecular weight excluding hydrogens is 352 g/mol. The van der Waals surface area contributed by atoms with Gasteiger partial charge < -0.3 is 10.4 Å². The Labute approximate surface area is 162 Å². The van der Waals surface area contributed by atoms with Crippen molar-refractivity contribution in [3.63, 3.8) is 0 Å². The molecule has 1 aliphatic carbocycles. The van der Waals surface area contributed by atoms with Crippen LogP contribution in [0.15, 0.2) is 48.5 Å². The predicted molar refractivity (Wildman–Crippen MR) is 110 cm³/mol. The molecule has 3 aromatic rings. The summed E-state index contributed by atoms with van der Waals surface area (Å²) in [4.78, 5) is 28.8. The number of carbonyl (C=O) groups is 2. The Kier molecular flexibility index (Phi) is 4.23. The van der Waals surface area contributed by atoms with E-state index in [2.05, 4.69) is 30.2 Å². The lowest BCUT2D eigenvalue weighted by atomic mass is 10.00. The summed E-state index contributed by atoms with van der Waals surface area (Å²) < 4.78 is 0. The van der Waals surface area contributed by atoms with Gasteiger partial charge in [-0.3, -0.25) is 9.59 Å². The van der Waals surface area contributed by atoms with E-state index in [4.69, 9.17) is 0 Å². The molecule has 0 fully saturated rings. The molecule has 5 heteroatoms. The van der Waals surface area contributed by atoms with Crippen molar-refractivity contribution in [2.45, 2.75) is 26.7 Å². The number of allylic oxidation sites excluding steroid dienone is 1. The van der Waals surface area contributed by atoms with Crippen LogP contribution in [-0.4, -0.2) is 21.8 Å². The number of fused-ring (bicyclic) bond motifs is 2. The summed E-state index contributed by atoms with van der Waals surface area (Å²) in [5, 5.41) is 14.3. The van der Waals surface area contributed by atoms with Crippen LogP contribution in [0, 0.1) is 0 Å². The van der Waals surface area contributed by atoms with E-state index in [0.717, 1.165) is 10.9 Å². The number of Topliss-reactive ketones (excluding diaryl/α,β-unsaturated/α-hetero) is 1. The van der Waals surface area contributed by atoms with Crippen molar-refractivity contribution in [1.82, 2.24) is 4.98 Å². The number of hydrogen-bond acceptors (Lipinski definition) is 4. The van der Waals surface area contributed by atoms with Crippen LogP contribution in [0.5, 0.6) is 0 Å². The molecule has 2 N–H and O–H groups in total. The molecule has 0 saturated carbocycles. The molecule has 28 heavy (non-hydrogen) atoms. The van der Waals surface area contributed by atoms with Crippen molar-refractivity contribution < 1.29 is 14.7 Å². The summed E-state index contributed by atoms with van der Waals surface area (Å²) >= 11 is 0. The Bertz CT molecular complexity index is 1180. The number of rotatable bonds is 3. The molecule has 1 aromatic heterocycles. The monoisotopic (exact) mass is 372 g/mol. The van der Waals surface area contributed by atoms with Crippen molar-refractivity contribution in [3.05, 3.63) is 70.9 Å². The number of aromatic nitrogens is 1. The SMILES string of the molecule is CC(=O)Nc1ccc2c(c1)C(=O)C(c1ccc3cc(C(C)C)ccc3n1)=C2O. The Morgan fingerprint density at radius 1 is 1.04 bits per heavy atom. The summed E-state index contributed by atoms with van der Waals surface area (Å²) in [5.74, 6) is -0.190. The normalized spacial score (nSPS) is 13.4. The van der Waals surface area contributed by atoms with E-state index < -0.39 is 0 Å². The summed E-state index contributed by atoms with van der Waals surface area (Å²) in [5.41, 5.74) is 3.93. The van der Waals surface area contributed by atoms with Gasteiger partial charge in [-0.15, -0.1) is 0 Å². The van der Waals surface area contributed by atoms with Crippen LogP contribution in [-0.2, 0) is 4.79 Å². The van der Waals surface area contributed by atoms with Crippen molar-refractivity contribution >= 4 is 39.6 Å². The minimum atomic E-state index is -0.301. The van der Waals surface area contributed by atoms with E-state index in [-0.39, 0.29) is 23.0 Å². The lowest BCUT2D eigenvalue weighted by Crippen LogP contribution is -2.07. The number of aliphatic hydroxyl groups is 1. The van der Waals surface area contributed by atoms with Gasteiger partial charge in [-0.1, -0.05) is 26.0 Å². The second-order valence-electron chi connectivity index (χ2n) is 7.30. The molecule has 140 valence electrons. The number of benzene rings is 2. The molecule has 0 radical (unpaired) electrons. The molecular formula is C23H20N2O3. The molecule has 0 aliphatic heterocycles. The van der Waals surface area contributed by atoms with Gasteiger partial charge >= 0.3 is 0 Å². The van der Waals surface area contributed by atoms with Crippen molar-refractivity contribution in [1.29, 1.82) is 0 Å². The van der Waals surface area contributed by atoms with Gasteiger partial charge in [-0.05, 0) is 47.9 Å². The molecule has 0 atom stereocenters. The number of hydrogen-bond donors (Lipinski definition) is 2. The lowest BCUT2D eigenvalue weighted by Gasteiger charge is -2.08. The van der Waals surface area contributed by atoms with Crippen LogP contribution < -0.4 is 5.32 Å². The first kappa shape index (κ1) is 17.9. The third kappa shape index (κ3) is 2.95. The highest BCUT2D eigenvalue weighted by molar-refractivity contribution is 6.38. The molecule has 0 saturated heterocycles. The average molecular weight is 372 g/mol. The smallest absolute Gasteiger partial charge is 0.221 e. The average Bonchev–Trinajstić information content (AvgIpc) is 2.90. The first-order chi connectivity index (χ1) is 13.3. The number of nitrogens with one attached hydrogen (secondary N) is 1. The third-order valence-corrected chi connectivity index (χ3v) is 4.94. The maximum Gasteiger partial charge on any atom is 0.221 e. The highest BCUT2D eigenvalue weighted by Gasteiger charge is 2.32. The molecule has 1 heterocycles. The van der Waals surface area contributed by atoms with Crippen molar-refractivity contribution in [3.8, 4) is 0 Å². The zero-order chi connectivity index (χ0) is 20.0. The highest BCUT2D eigenvalue weighted by Crippen LogP contribution is 2.38. The van der Waals surface area contributed by atoms with Gasteiger partial charge in [-0.2, -0.15) is 0 Å². The van der Waals surface area contributed by atoms with Crippen LogP contribution in [0.3, 0.4) is 0 Å². The van der Waals surface area contributed by atoms with E-state index >= 15 is 0 Å². The largest absolute Gasteiger partial charge is 0.506 e. The van der Waals surface area contributed by atoms with E-state index in [0.29, 0.717) is 28.4 Å². The van der Waals surface area contributed by atoms with Gasteiger partial charge in [0.25, 0.3) is 0 Å². The van der Waals surface area contributed by atoms with Crippen LogP contribution in [0.2, 0.25) is 0 Å². The molecule has 0 unspecified atom stereocenters. The van der Waals surface area contributed by atoms with Crippen LogP contribution in [0.25, 0.3) is 22.2 Å². The fourth-order valence-electron chi connectivity index (χ4n) is 3.48. The first-order valence-electron chi connectivity index (χ1n) is 9.16. The van der Waals surface area contributed by atoms with E-state index in [1.165, 1.54) is 12.5 Å². The minimum Gasteiger partial charge on any atom is -0.506 e. The van der Waals surface area contributed by atoms with Gasteiger partial charge in [0.2, 0.25) is 5.91 Å². The Balaban J connectivity index is 1.76. The number of amides is 1. The predicted octanol–water partition coefficient (Wildman–Crippen LogP) is 4.94. The minimum absolute atomic E-state index is 0.0833. The van der Waals surface area contributed by atoms with Gasteiger partial charge in [0, 0.05) is 29.1 Å². The Hall–Kier alpha value is -3.47. The van der Waals surface area contributed by atoms with E-state index in [1.807, 2.05) is 18.2 Å². The number of anilines is 1. The molecule has 1 aliphatic rings. The zero-order valence-electron chi connectivity index (χ0n) is 15.9. The maximum atomic E-state index is 13.0. The van der Waals surface area contributed by atoms with Gasteiger partial charge in [0.15, 0.2) is 5.78 Å². The molecule has 2 aromatic carbocycles. The zero-order valence-corrected chi connectivity index (χ0v) is 15.9. The topological polar surface area (TPSA) is 79.3 Å². The number of nitrogens with zero attached hydrogens (tertiary/aromatic N) is 1. The summed E-state index contributed by atoms with van der Waals surface area (Å²) in [6.07, 6.45) is 0. The van der Waals surface area contributed by atoms with Crippen molar-refractivity contribution in [2.75, 3.05) is 5.32 Å². The van der Waals surface area contributed by atoms with Gasteiger partial charge in [-0.25, -0.2) is 4.98 Å².